The number of benzene rings is 1. The van der Waals surface area contributed by atoms with Crippen LogP contribution in [0.15, 0.2) is 35.1 Å². The van der Waals surface area contributed by atoms with Gasteiger partial charge in [-0.1, -0.05) is 15.9 Å². The summed E-state index contributed by atoms with van der Waals surface area (Å²) in [5, 5.41) is 6.88. The molecule has 1 aromatic carbocycles. The average Bonchev–Trinajstić information content (AvgIpc) is 2.81. The predicted molar refractivity (Wildman–Crippen MR) is 75.1 cm³/mol. The van der Waals surface area contributed by atoms with E-state index in [9.17, 15) is 4.79 Å². The van der Waals surface area contributed by atoms with Crippen LogP contribution < -0.4 is 10.1 Å². The molecule has 1 heterocycles. The van der Waals surface area contributed by atoms with E-state index in [1.165, 1.54) is 0 Å². The van der Waals surface area contributed by atoms with Crippen LogP contribution in [0, 0.1) is 0 Å². The molecule has 6 heteroatoms. The Morgan fingerprint density at radius 1 is 1.53 bits per heavy atom. The van der Waals surface area contributed by atoms with E-state index >= 15 is 0 Å². The zero-order valence-corrected chi connectivity index (χ0v) is 12.3. The van der Waals surface area contributed by atoms with Gasteiger partial charge in [0, 0.05) is 29.8 Å². The molecule has 1 amide bonds. The van der Waals surface area contributed by atoms with E-state index in [1.54, 1.807) is 30.1 Å². The number of carbonyl (C=O) groups is 1. The minimum atomic E-state index is -0.173. The Labute approximate surface area is 119 Å². The second-order valence-electron chi connectivity index (χ2n) is 4.05. The SMILES string of the molecule is COc1cc(Br)ccc1C(=O)NCc1cnn(C)c1. The zero-order valence-electron chi connectivity index (χ0n) is 10.7. The largest absolute Gasteiger partial charge is 0.496 e. The van der Waals surface area contributed by atoms with E-state index in [4.69, 9.17) is 4.74 Å². The molecule has 0 radical (unpaired) electrons. The number of nitrogens with one attached hydrogen (secondary N) is 1. The molecule has 0 saturated carbocycles. The quantitative estimate of drug-likeness (QED) is 0.937. The van der Waals surface area contributed by atoms with Crippen molar-refractivity contribution in [3.8, 4) is 5.75 Å². The van der Waals surface area contributed by atoms with Crippen molar-refractivity contribution in [3.63, 3.8) is 0 Å². The molecule has 0 spiro atoms. The van der Waals surface area contributed by atoms with Gasteiger partial charge in [-0.3, -0.25) is 9.48 Å². The highest BCUT2D eigenvalue weighted by Gasteiger charge is 2.12. The Morgan fingerprint density at radius 3 is 2.95 bits per heavy atom. The summed E-state index contributed by atoms with van der Waals surface area (Å²) in [5.41, 5.74) is 1.46. The topological polar surface area (TPSA) is 56.1 Å². The van der Waals surface area contributed by atoms with E-state index in [0.717, 1.165) is 10.0 Å². The van der Waals surface area contributed by atoms with Crippen LogP contribution in [0.2, 0.25) is 0 Å². The van der Waals surface area contributed by atoms with Gasteiger partial charge in [0.25, 0.3) is 5.91 Å². The molecule has 19 heavy (non-hydrogen) atoms. The average molecular weight is 324 g/mol. The van der Waals surface area contributed by atoms with Gasteiger partial charge < -0.3 is 10.1 Å². The fourth-order valence-corrected chi connectivity index (χ4v) is 2.03. The maximum atomic E-state index is 12.1. The lowest BCUT2D eigenvalue weighted by atomic mass is 10.2. The number of hydrogen-bond donors (Lipinski definition) is 1. The fourth-order valence-electron chi connectivity index (χ4n) is 1.69. The Kier molecular flexibility index (Phi) is 4.21. The number of ether oxygens (including phenoxy) is 1. The first kappa shape index (κ1) is 13.6. The maximum absolute atomic E-state index is 12.1. The highest BCUT2D eigenvalue weighted by Crippen LogP contribution is 2.23. The summed E-state index contributed by atoms with van der Waals surface area (Å²) in [4.78, 5) is 12.1. The second kappa shape index (κ2) is 5.88. The van der Waals surface area contributed by atoms with Gasteiger partial charge in [0.05, 0.1) is 18.9 Å². The monoisotopic (exact) mass is 323 g/mol. The summed E-state index contributed by atoms with van der Waals surface area (Å²) in [5.74, 6) is 0.367. The Bertz CT molecular complexity index is 595. The minimum absolute atomic E-state index is 0.173. The van der Waals surface area contributed by atoms with Crippen LogP contribution in [-0.2, 0) is 13.6 Å². The first-order valence-corrected chi connectivity index (χ1v) is 6.48. The smallest absolute Gasteiger partial charge is 0.255 e. The lowest BCUT2D eigenvalue weighted by Gasteiger charge is -2.09. The van der Waals surface area contributed by atoms with Crippen molar-refractivity contribution in [2.24, 2.45) is 7.05 Å². The van der Waals surface area contributed by atoms with Crippen molar-refractivity contribution in [1.29, 1.82) is 0 Å². The van der Waals surface area contributed by atoms with Crippen molar-refractivity contribution in [3.05, 3.63) is 46.2 Å². The van der Waals surface area contributed by atoms with Crippen molar-refractivity contribution >= 4 is 21.8 Å². The van der Waals surface area contributed by atoms with E-state index in [2.05, 4.69) is 26.3 Å². The third kappa shape index (κ3) is 3.35. The third-order valence-corrected chi connectivity index (χ3v) is 3.11. The molecule has 0 saturated heterocycles. The van der Waals surface area contributed by atoms with Crippen LogP contribution in [0.1, 0.15) is 15.9 Å². The Hall–Kier alpha value is -1.82. The van der Waals surface area contributed by atoms with Crippen LogP contribution in [0.4, 0.5) is 0 Å². The van der Waals surface area contributed by atoms with Gasteiger partial charge in [0.2, 0.25) is 0 Å². The van der Waals surface area contributed by atoms with Crippen LogP contribution in [-0.4, -0.2) is 22.8 Å². The predicted octanol–water partition coefficient (Wildman–Crippen LogP) is 2.12. The van der Waals surface area contributed by atoms with Gasteiger partial charge in [-0.25, -0.2) is 0 Å². The van der Waals surface area contributed by atoms with Crippen molar-refractivity contribution in [1.82, 2.24) is 15.1 Å². The number of rotatable bonds is 4. The number of hydrogen-bond acceptors (Lipinski definition) is 3. The lowest BCUT2D eigenvalue weighted by molar-refractivity contribution is 0.0948. The number of methoxy groups -OCH3 is 1. The molecule has 0 fully saturated rings. The number of aromatic nitrogens is 2. The number of aryl methyl sites for hydroxylation is 1. The van der Waals surface area contributed by atoms with Crippen molar-refractivity contribution in [2.75, 3.05) is 7.11 Å². The second-order valence-corrected chi connectivity index (χ2v) is 4.97. The fraction of sp³-hybridized carbons (Fsp3) is 0.231. The first-order valence-electron chi connectivity index (χ1n) is 5.69. The molecular formula is C13H14BrN3O2. The summed E-state index contributed by atoms with van der Waals surface area (Å²) >= 11 is 3.34. The lowest BCUT2D eigenvalue weighted by Crippen LogP contribution is -2.23. The number of nitrogens with zero attached hydrogens (tertiary/aromatic N) is 2. The van der Waals surface area contributed by atoms with Gasteiger partial charge in [0.1, 0.15) is 5.75 Å². The van der Waals surface area contributed by atoms with E-state index in [0.29, 0.717) is 17.9 Å². The molecule has 0 aliphatic heterocycles. The summed E-state index contributed by atoms with van der Waals surface area (Å²) in [6.07, 6.45) is 3.58. The molecule has 0 aliphatic rings. The summed E-state index contributed by atoms with van der Waals surface area (Å²) < 4.78 is 7.76. The first-order chi connectivity index (χ1) is 9.10. The van der Waals surface area contributed by atoms with Crippen LogP contribution in [0.3, 0.4) is 0 Å². The molecule has 100 valence electrons. The van der Waals surface area contributed by atoms with Crippen molar-refractivity contribution in [2.45, 2.75) is 6.54 Å². The molecule has 0 unspecified atom stereocenters. The van der Waals surface area contributed by atoms with Gasteiger partial charge in [-0.05, 0) is 18.2 Å². The molecule has 1 N–H and O–H groups in total. The molecule has 0 aliphatic carbocycles. The Morgan fingerprint density at radius 2 is 2.32 bits per heavy atom. The summed E-state index contributed by atoms with van der Waals surface area (Å²) in [6.45, 7) is 0.436. The standard InChI is InChI=1S/C13H14BrN3O2/c1-17-8-9(7-16-17)6-15-13(18)11-4-3-10(14)5-12(11)19-2/h3-5,7-8H,6H2,1-2H3,(H,15,18). The molecule has 5 nitrogen and oxygen atoms in total. The maximum Gasteiger partial charge on any atom is 0.255 e. The summed E-state index contributed by atoms with van der Waals surface area (Å²) in [7, 11) is 3.38. The highest BCUT2D eigenvalue weighted by molar-refractivity contribution is 9.10. The van der Waals surface area contributed by atoms with Gasteiger partial charge in [-0.15, -0.1) is 0 Å². The molecular weight excluding hydrogens is 310 g/mol. The van der Waals surface area contributed by atoms with E-state index in [1.807, 2.05) is 19.3 Å². The molecule has 2 aromatic rings. The normalized spacial score (nSPS) is 10.3. The minimum Gasteiger partial charge on any atom is -0.496 e. The highest BCUT2D eigenvalue weighted by atomic mass is 79.9. The van der Waals surface area contributed by atoms with Crippen molar-refractivity contribution < 1.29 is 9.53 Å². The molecule has 2 rings (SSSR count). The Balaban J connectivity index is 2.07. The van der Waals surface area contributed by atoms with Gasteiger partial charge >= 0.3 is 0 Å². The zero-order chi connectivity index (χ0) is 13.8. The number of amides is 1. The number of carbonyl (C=O) groups excluding carboxylic acids is 1. The van der Waals surface area contributed by atoms with E-state index < -0.39 is 0 Å². The molecule has 0 atom stereocenters. The van der Waals surface area contributed by atoms with Crippen LogP contribution >= 0.6 is 15.9 Å². The summed E-state index contributed by atoms with van der Waals surface area (Å²) in [6, 6.07) is 5.29. The molecule has 0 bridgehead atoms. The third-order valence-electron chi connectivity index (χ3n) is 2.62. The van der Waals surface area contributed by atoms with Gasteiger partial charge in [-0.2, -0.15) is 5.10 Å². The van der Waals surface area contributed by atoms with Gasteiger partial charge in [0.15, 0.2) is 0 Å². The van der Waals surface area contributed by atoms with E-state index in [-0.39, 0.29) is 5.91 Å². The number of halogens is 1. The van der Waals surface area contributed by atoms with Crippen LogP contribution in [0.25, 0.3) is 0 Å². The van der Waals surface area contributed by atoms with Crippen LogP contribution in [0.5, 0.6) is 5.75 Å². The molecule has 1 aromatic heterocycles.